The first-order chi connectivity index (χ1) is 11.2. The second kappa shape index (κ2) is 7.73. The summed E-state index contributed by atoms with van der Waals surface area (Å²) in [5.74, 6) is -0.0595. The van der Waals surface area contributed by atoms with Gasteiger partial charge in [0, 0.05) is 6.08 Å². The Bertz CT molecular complexity index is 753. The number of nitrogens with one attached hydrogen (secondary N) is 1. The highest BCUT2D eigenvalue weighted by Gasteiger charge is 2.29. The molecule has 1 heterocycles. The molecule has 24 heavy (non-hydrogen) atoms. The molecule has 0 bridgehead atoms. The van der Waals surface area contributed by atoms with Crippen LogP contribution in [0.25, 0.3) is 6.08 Å². The van der Waals surface area contributed by atoms with E-state index in [2.05, 4.69) is 5.32 Å². The lowest BCUT2D eigenvalue weighted by Crippen LogP contribution is -2.20. The molecule has 0 radical (unpaired) electrons. The number of ether oxygens (including phenoxy) is 1. The number of benzene rings is 1. The van der Waals surface area contributed by atoms with E-state index in [1.165, 1.54) is 24.3 Å². The topological polar surface area (TPSA) is 51.5 Å². The van der Waals surface area contributed by atoms with Crippen LogP contribution < -0.4 is 10.1 Å². The Morgan fingerprint density at radius 3 is 2.71 bits per heavy atom. The molecule has 0 saturated carbocycles. The molecule has 1 aromatic heterocycles. The maximum atomic E-state index is 12.3. The van der Waals surface area contributed by atoms with E-state index in [9.17, 15) is 18.0 Å². The molecule has 0 atom stereocenters. The third-order valence-electron chi connectivity index (χ3n) is 2.78. The van der Waals surface area contributed by atoms with Crippen LogP contribution >= 0.6 is 22.6 Å². The van der Waals surface area contributed by atoms with Gasteiger partial charge in [0.15, 0.2) is 10.4 Å². The minimum atomic E-state index is -4.46. The van der Waals surface area contributed by atoms with Gasteiger partial charge in [0.2, 0.25) is 5.91 Å². The predicted molar refractivity (Wildman–Crippen MR) is 91.8 cm³/mol. The molecular weight excluding hydrogens is 438 g/mol. The van der Waals surface area contributed by atoms with Crippen molar-refractivity contribution in [3.8, 4) is 5.75 Å². The van der Waals surface area contributed by atoms with E-state index in [1.807, 2.05) is 22.6 Å². The number of anilines is 1. The van der Waals surface area contributed by atoms with Crippen molar-refractivity contribution in [3.63, 3.8) is 0 Å². The van der Waals surface area contributed by atoms with Crippen LogP contribution in [-0.2, 0) is 4.79 Å². The Morgan fingerprint density at radius 1 is 1.33 bits per heavy atom. The van der Waals surface area contributed by atoms with Gasteiger partial charge in [-0.05, 0) is 65.4 Å². The van der Waals surface area contributed by atoms with Crippen molar-refractivity contribution in [2.75, 3.05) is 11.9 Å². The molecule has 2 aromatic rings. The highest BCUT2D eigenvalue weighted by atomic mass is 127. The van der Waals surface area contributed by atoms with Crippen LogP contribution in [0, 0.1) is 10.7 Å². The maximum Gasteiger partial charge on any atom is 0.422 e. The molecule has 0 unspecified atom stereocenters. The van der Waals surface area contributed by atoms with Crippen molar-refractivity contribution < 1.29 is 27.1 Å². The van der Waals surface area contributed by atoms with Gasteiger partial charge in [0.25, 0.3) is 0 Å². The first-order valence-corrected chi connectivity index (χ1v) is 7.85. The zero-order chi connectivity index (χ0) is 17.7. The van der Waals surface area contributed by atoms with Crippen LogP contribution in [0.15, 0.2) is 40.8 Å². The Hall–Kier alpha value is -1.97. The van der Waals surface area contributed by atoms with Crippen LogP contribution in [0.3, 0.4) is 0 Å². The highest BCUT2D eigenvalue weighted by Crippen LogP contribution is 2.28. The van der Waals surface area contributed by atoms with Crippen molar-refractivity contribution in [1.29, 1.82) is 0 Å². The Labute approximate surface area is 149 Å². The monoisotopic (exact) mass is 451 g/mol. The van der Waals surface area contributed by atoms with Crippen LogP contribution in [0.2, 0.25) is 0 Å². The molecule has 4 nitrogen and oxygen atoms in total. The average molecular weight is 451 g/mol. The van der Waals surface area contributed by atoms with Crippen molar-refractivity contribution in [2.24, 2.45) is 0 Å². The van der Waals surface area contributed by atoms with E-state index in [-0.39, 0.29) is 11.4 Å². The van der Waals surface area contributed by atoms with Gasteiger partial charge < -0.3 is 14.5 Å². The van der Waals surface area contributed by atoms with Crippen LogP contribution in [-0.4, -0.2) is 18.7 Å². The van der Waals surface area contributed by atoms with Gasteiger partial charge >= 0.3 is 6.18 Å². The Morgan fingerprint density at radius 2 is 2.08 bits per heavy atom. The zero-order valence-corrected chi connectivity index (χ0v) is 14.6. The van der Waals surface area contributed by atoms with Crippen molar-refractivity contribution in [1.82, 2.24) is 0 Å². The molecule has 0 saturated heterocycles. The molecule has 1 aromatic carbocycles. The Balaban J connectivity index is 2.07. The summed E-state index contributed by atoms with van der Waals surface area (Å²) in [4.78, 5) is 11.9. The molecule has 0 fully saturated rings. The van der Waals surface area contributed by atoms with E-state index in [0.29, 0.717) is 15.1 Å². The molecule has 1 N–H and O–H groups in total. The quantitative estimate of drug-likeness (QED) is 0.526. The van der Waals surface area contributed by atoms with E-state index in [0.717, 1.165) is 0 Å². The number of alkyl halides is 3. The summed E-state index contributed by atoms with van der Waals surface area (Å²) >= 11 is 1.99. The molecule has 0 spiro atoms. The third-order valence-corrected chi connectivity index (χ3v) is 3.36. The normalized spacial score (nSPS) is 11.7. The summed E-state index contributed by atoms with van der Waals surface area (Å²) in [6.45, 7) is 0.282. The summed E-state index contributed by atoms with van der Waals surface area (Å²) in [7, 11) is 0. The van der Waals surface area contributed by atoms with Crippen LogP contribution in [0.5, 0.6) is 5.75 Å². The fourth-order valence-corrected chi connectivity index (χ4v) is 2.20. The number of hydrogen-bond donors (Lipinski definition) is 1. The number of halogens is 4. The second-order valence-corrected chi connectivity index (χ2v) is 5.93. The minimum absolute atomic E-state index is 0.0402. The number of carbonyl (C=O) groups is 1. The average Bonchev–Trinajstić information content (AvgIpc) is 2.90. The molecule has 128 valence electrons. The minimum Gasteiger partial charge on any atom is -0.482 e. The van der Waals surface area contributed by atoms with Crippen molar-refractivity contribution >= 4 is 40.3 Å². The summed E-state index contributed by atoms with van der Waals surface area (Å²) < 4.78 is 47.6. The standard InChI is InChI=1S/C16H13F3INO3/c1-10-2-5-12(13(8-10)23-9-16(17,18)19)21-15(22)7-4-11-3-6-14(20)24-11/h2-8H,9H2,1H3,(H,21,22). The zero-order valence-electron chi connectivity index (χ0n) is 12.5. The van der Waals surface area contributed by atoms with E-state index >= 15 is 0 Å². The van der Waals surface area contributed by atoms with E-state index < -0.39 is 18.7 Å². The summed E-state index contributed by atoms with van der Waals surface area (Å²) in [6.07, 6.45) is -1.77. The first kappa shape index (κ1) is 18.4. The molecule has 0 aliphatic heterocycles. The lowest BCUT2D eigenvalue weighted by Gasteiger charge is -2.14. The van der Waals surface area contributed by atoms with Gasteiger partial charge in [-0.2, -0.15) is 13.2 Å². The van der Waals surface area contributed by atoms with Crippen molar-refractivity contribution in [2.45, 2.75) is 13.1 Å². The van der Waals surface area contributed by atoms with Crippen LogP contribution in [0.1, 0.15) is 11.3 Å². The number of carbonyl (C=O) groups excluding carboxylic acids is 1. The second-order valence-electron chi connectivity index (χ2n) is 4.87. The fraction of sp³-hybridized carbons (Fsp3) is 0.188. The summed E-state index contributed by atoms with van der Waals surface area (Å²) in [5.41, 5.74) is 0.874. The molecule has 2 rings (SSSR count). The molecular formula is C16H13F3INO3. The van der Waals surface area contributed by atoms with Gasteiger partial charge in [0.05, 0.1) is 5.69 Å². The first-order valence-electron chi connectivity index (χ1n) is 6.77. The summed E-state index contributed by atoms with van der Waals surface area (Å²) in [5, 5.41) is 2.49. The lowest BCUT2D eigenvalue weighted by atomic mass is 10.2. The van der Waals surface area contributed by atoms with E-state index in [4.69, 9.17) is 9.15 Å². The van der Waals surface area contributed by atoms with Gasteiger partial charge in [0.1, 0.15) is 11.5 Å². The summed E-state index contributed by atoms with van der Waals surface area (Å²) in [6, 6.07) is 8.01. The van der Waals surface area contributed by atoms with Crippen molar-refractivity contribution in [3.05, 3.63) is 51.5 Å². The number of aryl methyl sites for hydroxylation is 1. The number of amides is 1. The lowest BCUT2D eigenvalue weighted by molar-refractivity contribution is -0.153. The largest absolute Gasteiger partial charge is 0.482 e. The smallest absolute Gasteiger partial charge is 0.422 e. The predicted octanol–water partition coefficient (Wildman–Crippen LogP) is 4.79. The van der Waals surface area contributed by atoms with Gasteiger partial charge in [-0.15, -0.1) is 0 Å². The number of rotatable bonds is 5. The number of hydrogen-bond acceptors (Lipinski definition) is 3. The van der Waals surface area contributed by atoms with Gasteiger partial charge in [-0.3, -0.25) is 4.79 Å². The maximum absolute atomic E-state index is 12.3. The molecule has 1 amide bonds. The molecule has 0 aliphatic carbocycles. The Kier molecular flexibility index (Phi) is 5.92. The third kappa shape index (κ3) is 5.91. The molecule has 8 heteroatoms. The highest BCUT2D eigenvalue weighted by molar-refractivity contribution is 14.1. The SMILES string of the molecule is Cc1ccc(NC(=O)C=Cc2ccc(I)o2)c(OCC(F)(F)F)c1. The van der Waals surface area contributed by atoms with Gasteiger partial charge in [-0.25, -0.2) is 0 Å². The van der Waals surface area contributed by atoms with E-state index in [1.54, 1.807) is 25.1 Å². The molecule has 0 aliphatic rings. The number of furan rings is 1. The fourth-order valence-electron chi connectivity index (χ4n) is 1.76. The van der Waals surface area contributed by atoms with Crippen LogP contribution in [0.4, 0.5) is 18.9 Å². The van der Waals surface area contributed by atoms with Gasteiger partial charge in [-0.1, -0.05) is 6.07 Å².